The van der Waals surface area contributed by atoms with Crippen LogP contribution in [0.25, 0.3) is 0 Å². The lowest BCUT2D eigenvalue weighted by Crippen LogP contribution is -2.36. The zero-order valence-corrected chi connectivity index (χ0v) is 12.7. The van der Waals surface area contributed by atoms with E-state index in [0.29, 0.717) is 12.1 Å². The summed E-state index contributed by atoms with van der Waals surface area (Å²) in [4.78, 5) is 14.5. The van der Waals surface area contributed by atoms with E-state index >= 15 is 0 Å². The SMILES string of the molecule is O=C(C1CCCCC1)N1CCS[C@H]1c1ccc(F)cc1F. The lowest BCUT2D eigenvalue weighted by Gasteiger charge is -2.30. The van der Waals surface area contributed by atoms with E-state index < -0.39 is 11.6 Å². The van der Waals surface area contributed by atoms with Crippen molar-refractivity contribution in [1.29, 1.82) is 0 Å². The second-order valence-corrected chi connectivity index (χ2v) is 6.94. The van der Waals surface area contributed by atoms with Gasteiger partial charge in [-0.3, -0.25) is 4.79 Å². The number of thioether (sulfide) groups is 1. The molecule has 1 saturated carbocycles. The highest BCUT2D eigenvalue weighted by Crippen LogP contribution is 2.41. The molecule has 1 saturated heterocycles. The van der Waals surface area contributed by atoms with Gasteiger partial charge in [-0.25, -0.2) is 8.78 Å². The number of benzene rings is 1. The molecule has 0 N–H and O–H groups in total. The number of amides is 1. The van der Waals surface area contributed by atoms with Crippen molar-refractivity contribution in [3.05, 3.63) is 35.4 Å². The van der Waals surface area contributed by atoms with Crippen molar-refractivity contribution < 1.29 is 13.6 Å². The maximum atomic E-state index is 14.0. The summed E-state index contributed by atoms with van der Waals surface area (Å²) >= 11 is 1.56. The summed E-state index contributed by atoms with van der Waals surface area (Å²) in [5.74, 6) is -0.0999. The fraction of sp³-hybridized carbons (Fsp3) is 0.562. The van der Waals surface area contributed by atoms with Crippen molar-refractivity contribution in [1.82, 2.24) is 4.90 Å². The normalized spacial score (nSPS) is 23.5. The van der Waals surface area contributed by atoms with Crippen LogP contribution in [0, 0.1) is 17.6 Å². The Morgan fingerprint density at radius 3 is 2.67 bits per heavy atom. The molecule has 21 heavy (non-hydrogen) atoms. The van der Waals surface area contributed by atoms with E-state index in [2.05, 4.69) is 0 Å². The smallest absolute Gasteiger partial charge is 0.226 e. The highest BCUT2D eigenvalue weighted by Gasteiger charge is 2.36. The summed E-state index contributed by atoms with van der Waals surface area (Å²) in [7, 11) is 0. The second-order valence-electron chi connectivity index (χ2n) is 5.76. The minimum absolute atomic E-state index is 0.0865. The van der Waals surface area contributed by atoms with Crippen LogP contribution in [0.5, 0.6) is 0 Å². The van der Waals surface area contributed by atoms with Crippen LogP contribution in [-0.2, 0) is 4.79 Å². The van der Waals surface area contributed by atoms with E-state index in [1.807, 2.05) is 0 Å². The van der Waals surface area contributed by atoms with Gasteiger partial charge in [-0.1, -0.05) is 25.3 Å². The van der Waals surface area contributed by atoms with E-state index in [1.165, 1.54) is 18.6 Å². The summed E-state index contributed by atoms with van der Waals surface area (Å²) in [5.41, 5.74) is 0.419. The number of nitrogens with zero attached hydrogens (tertiary/aromatic N) is 1. The van der Waals surface area contributed by atoms with Crippen LogP contribution in [0.2, 0.25) is 0 Å². The Morgan fingerprint density at radius 2 is 1.95 bits per heavy atom. The Hall–Kier alpha value is -1.10. The largest absolute Gasteiger partial charge is 0.325 e. The monoisotopic (exact) mass is 311 g/mol. The van der Waals surface area contributed by atoms with Crippen LogP contribution in [-0.4, -0.2) is 23.1 Å². The maximum absolute atomic E-state index is 14.0. The highest BCUT2D eigenvalue weighted by atomic mass is 32.2. The van der Waals surface area contributed by atoms with Gasteiger partial charge in [-0.15, -0.1) is 11.8 Å². The van der Waals surface area contributed by atoms with E-state index in [9.17, 15) is 13.6 Å². The zero-order chi connectivity index (χ0) is 14.8. The first kappa shape index (κ1) is 14.8. The first-order chi connectivity index (χ1) is 10.2. The van der Waals surface area contributed by atoms with Gasteiger partial charge in [0.05, 0.1) is 0 Å². The molecule has 1 aromatic carbocycles. The van der Waals surface area contributed by atoms with E-state index in [1.54, 1.807) is 16.7 Å². The minimum atomic E-state index is -0.579. The number of carbonyl (C=O) groups is 1. The molecule has 1 aromatic rings. The van der Waals surface area contributed by atoms with Gasteiger partial charge in [0.1, 0.15) is 17.0 Å². The van der Waals surface area contributed by atoms with Crippen LogP contribution in [0.15, 0.2) is 18.2 Å². The van der Waals surface area contributed by atoms with Crippen LogP contribution >= 0.6 is 11.8 Å². The van der Waals surface area contributed by atoms with Crippen molar-refractivity contribution in [2.75, 3.05) is 12.3 Å². The Balaban J connectivity index is 1.80. The number of carbonyl (C=O) groups excluding carboxylic acids is 1. The van der Waals surface area contributed by atoms with Gasteiger partial charge in [0, 0.05) is 29.8 Å². The quantitative estimate of drug-likeness (QED) is 0.819. The first-order valence-electron chi connectivity index (χ1n) is 7.54. The molecule has 114 valence electrons. The predicted octanol–water partition coefficient (Wildman–Crippen LogP) is 4.12. The molecule has 0 bridgehead atoms. The molecule has 2 fully saturated rings. The first-order valence-corrected chi connectivity index (χ1v) is 8.59. The summed E-state index contributed by atoms with van der Waals surface area (Å²) in [5, 5.41) is -0.306. The zero-order valence-electron chi connectivity index (χ0n) is 11.9. The lowest BCUT2D eigenvalue weighted by atomic mass is 9.88. The molecule has 1 aliphatic heterocycles. The number of halogens is 2. The fourth-order valence-electron chi connectivity index (χ4n) is 3.24. The van der Waals surface area contributed by atoms with Crippen LogP contribution in [0.4, 0.5) is 8.78 Å². The van der Waals surface area contributed by atoms with Crippen LogP contribution in [0.1, 0.15) is 43.0 Å². The van der Waals surface area contributed by atoms with Crippen molar-refractivity contribution >= 4 is 17.7 Å². The van der Waals surface area contributed by atoms with E-state index in [0.717, 1.165) is 37.5 Å². The molecule has 5 heteroatoms. The molecule has 2 aliphatic rings. The van der Waals surface area contributed by atoms with Crippen molar-refractivity contribution in [2.24, 2.45) is 5.92 Å². The summed E-state index contributed by atoms with van der Waals surface area (Å²) in [6, 6.07) is 3.63. The Kier molecular flexibility index (Phi) is 4.48. The van der Waals surface area contributed by atoms with Gasteiger partial charge in [-0.05, 0) is 18.9 Å². The molecule has 1 heterocycles. The van der Waals surface area contributed by atoms with Gasteiger partial charge in [0.15, 0.2) is 0 Å². The molecule has 0 radical (unpaired) electrons. The molecular formula is C16H19F2NOS. The van der Waals surface area contributed by atoms with Crippen LogP contribution in [0.3, 0.4) is 0 Å². The molecule has 1 atom stereocenters. The van der Waals surface area contributed by atoms with Gasteiger partial charge >= 0.3 is 0 Å². The molecular weight excluding hydrogens is 292 g/mol. The third kappa shape index (κ3) is 3.07. The number of hydrogen-bond acceptors (Lipinski definition) is 2. The van der Waals surface area contributed by atoms with Gasteiger partial charge in [-0.2, -0.15) is 0 Å². The average Bonchev–Trinajstić information content (AvgIpc) is 2.96. The Labute approximate surface area is 127 Å². The third-order valence-electron chi connectivity index (χ3n) is 4.36. The van der Waals surface area contributed by atoms with Gasteiger partial charge in [0.25, 0.3) is 0 Å². The number of rotatable bonds is 2. The Morgan fingerprint density at radius 1 is 1.19 bits per heavy atom. The van der Waals surface area contributed by atoms with E-state index in [4.69, 9.17) is 0 Å². The maximum Gasteiger partial charge on any atom is 0.226 e. The molecule has 2 nitrogen and oxygen atoms in total. The standard InChI is InChI=1S/C16H19F2NOS/c17-12-6-7-13(14(18)10-12)16-19(8-9-21-16)15(20)11-4-2-1-3-5-11/h6-7,10-11,16H,1-5,8-9H2/t16-/m0/s1. The summed E-state index contributed by atoms with van der Waals surface area (Å²) < 4.78 is 27.0. The van der Waals surface area contributed by atoms with Crippen molar-refractivity contribution in [3.63, 3.8) is 0 Å². The third-order valence-corrected chi connectivity index (χ3v) is 5.60. The molecule has 0 spiro atoms. The molecule has 1 amide bonds. The average molecular weight is 311 g/mol. The van der Waals surface area contributed by atoms with E-state index in [-0.39, 0.29) is 17.2 Å². The van der Waals surface area contributed by atoms with Gasteiger partial charge in [0.2, 0.25) is 5.91 Å². The van der Waals surface area contributed by atoms with Crippen molar-refractivity contribution in [2.45, 2.75) is 37.5 Å². The predicted molar refractivity (Wildman–Crippen MR) is 79.8 cm³/mol. The summed E-state index contributed by atoms with van der Waals surface area (Å²) in [6.07, 6.45) is 5.30. The lowest BCUT2D eigenvalue weighted by molar-refractivity contribution is -0.136. The Bertz CT molecular complexity index is 531. The fourth-order valence-corrected chi connectivity index (χ4v) is 4.52. The van der Waals surface area contributed by atoms with Crippen molar-refractivity contribution in [3.8, 4) is 0 Å². The molecule has 0 aromatic heterocycles. The van der Waals surface area contributed by atoms with Crippen LogP contribution < -0.4 is 0 Å². The highest BCUT2D eigenvalue weighted by molar-refractivity contribution is 7.99. The molecule has 3 rings (SSSR count). The topological polar surface area (TPSA) is 20.3 Å². The summed E-state index contributed by atoms with van der Waals surface area (Å²) in [6.45, 7) is 0.654. The minimum Gasteiger partial charge on any atom is -0.325 e. The molecule has 0 unspecified atom stereocenters. The second kappa shape index (κ2) is 6.34. The van der Waals surface area contributed by atoms with Gasteiger partial charge < -0.3 is 4.90 Å². The molecule has 1 aliphatic carbocycles. The number of hydrogen-bond donors (Lipinski definition) is 0.